The van der Waals surface area contributed by atoms with Gasteiger partial charge < -0.3 is 5.32 Å². The van der Waals surface area contributed by atoms with Crippen molar-refractivity contribution >= 4 is 17.7 Å². The molecule has 0 spiro atoms. The molecule has 1 aliphatic rings. The number of allylic oxidation sites excluding steroid dienone is 1. The smallest absolute Gasteiger partial charge is 0.159 e. The molecule has 1 aliphatic carbocycles. The van der Waals surface area contributed by atoms with E-state index in [1.165, 1.54) is 25.7 Å². The van der Waals surface area contributed by atoms with E-state index in [-0.39, 0.29) is 0 Å². The first kappa shape index (κ1) is 16.7. The van der Waals surface area contributed by atoms with Crippen molar-refractivity contribution in [1.82, 2.24) is 9.62 Å². The van der Waals surface area contributed by atoms with E-state index in [9.17, 15) is 4.79 Å². The van der Waals surface area contributed by atoms with Crippen molar-refractivity contribution in [1.29, 1.82) is 0 Å². The minimum absolute atomic E-state index is 0.368. The number of carbonyl (C=O) groups excluding carboxylic acids is 1. The Hall–Kier alpha value is -0.320. The molecule has 110 valence electrons. The SMILES string of the molecule is CCCNCCCC1CC/C(=C/SN(C)C)C(=O)C1. The lowest BCUT2D eigenvalue weighted by atomic mass is 9.83. The average Bonchev–Trinajstić information content (AvgIpc) is 2.37. The molecule has 0 saturated heterocycles. The van der Waals surface area contributed by atoms with Crippen LogP contribution in [0.5, 0.6) is 0 Å². The number of nitrogens with one attached hydrogen (secondary N) is 1. The zero-order valence-corrected chi connectivity index (χ0v) is 13.4. The summed E-state index contributed by atoms with van der Waals surface area (Å²) < 4.78 is 2.02. The number of ketones is 1. The molecule has 3 nitrogen and oxygen atoms in total. The van der Waals surface area contributed by atoms with Crippen LogP contribution in [-0.2, 0) is 4.79 Å². The Bertz CT molecular complexity index is 303. The van der Waals surface area contributed by atoms with Gasteiger partial charge in [0.05, 0.1) is 0 Å². The third kappa shape index (κ3) is 7.14. The summed E-state index contributed by atoms with van der Waals surface area (Å²) in [6, 6.07) is 0. The van der Waals surface area contributed by atoms with Crippen LogP contribution in [-0.4, -0.2) is 37.3 Å². The number of rotatable bonds is 8. The maximum absolute atomic E-state index is 12.0. The molecule has 0 aromatic heterocycles. The van der Waals surface area contributed by atoms with Crippen LogP contribution in [0.15, 0.2) is 11.0 Å². The fraction of sp³-hybridized carbons (Fsp3) is 0.800. The molecule has 0 bridgehead atoms. The first-order valence-electron chi connectivity index (χ1n) is 7.40. The number of Topliss-reactive ketones (excluding diaryl/α,β-unsaturated/α-hetero) is 1. The Balaban J connectivity index is 2.22. The van der Waals surface area contributed by atoms with Crippen LogP contribution in [0.3, 0.4) is 0 Å². The second kappa shape index (κ2) is 9.56. The van der Waals surface area contributed by atoms with E-state index in [2.05, 4.69) is 12.2 Å². The maximum Gasteiger partial charge on any atom is 0.159 e. The molecule has 0 aliphatic heterocycles. The van der Waals surface area contributed by atoms with Gasteiger partial charge in [-0.05, 0) is 70.6 Å². The van der Waals surface area contributed by atoms with Gasteiger partial charge in [0.25, 0.3) is 0 Å². The molecule has 0 aromatic rings. The van der Waals surface area contributed by atoms with Gasteiger partial charge in [0.2, 0.25) is 0 Å². The van der Waals surface area contributed by atoms with E-state index in [0.717, 1.165) is 31.5 Å². The highest BCUT2D eigenvalue weighted by Crippen LogP contribution is 2.30. The molecule has 1 atom stereocenters. The predicted molar refractivity (Wildman–Crippen MR) is 84.1 cm³/mol. The molecule has 19 heavy (non-hydrogen) atoms. The predicted octanol–water partition coefficient (Wildman–Crippen LogP) is 3.23. The number of hydrogen-bond donors (Lipinski definition) is 1. The van der Waals surface area contributed by atoms with Gasteiger partial charge >= 0.3 is 0 Å². The van der Waals surface area contributed by atoms with Gasteiger partial charge in [0.15, 0.2) is 5.78 Å². The summed E-state index contributed by atoms with van der Waals surface area (Å²) in [6.45, 7) is 4.39. The molecule has 4 heteroatoms. The van der Waals surface area contributed by atoms with Gasteiger partial charge in [-0.1, -0.05) is 18.9 Å². The molecule has 1 N–H and O–H groups in total. The van der Waals surface area contributed by atoms with E-state index in [0.29, 0.717) is 11.7 Å². The summed E-state index contributed by atoms with van der Waals surface area (Å²) in [5.41, 5.74) is 1.03. The van der Waals surface area contributed by atoms with E-state index in [1.807, 2.05) is 23.8 Å². The summed E-state index contributed by atoms with van der Waals surface area (Å²) in [4.78, 5) is 12.0. The van der Waals surface area contributed by atoms with Crippen molar-refractivity contribution < 1.29 is 4.79 Å². The van der Waals surface area contributed by atoms with Crippen molar-refractivity contribution in [2.75, 3.05) is 27.2 Å². The second-order valence-electron chi connectivity index (χ2n) is 5.49. The van der Waals surface area contributed by atoms with Gasteiger partial charge in [0.1, 0.15) is 0 Å². The third-order valence-electron chi connectivity index (χ3n) is 3.45. The molecule has 0 amide bonds. The van der Waals surface area contributed by atoms with Crippen molar-refractivity contribution in [3.63, 3.8) is 0 Å². The third-order valence-corrected chi connectivity index (χ3v) is 4.26. The molecular formula is C15H28N2OS. The molecule has 0 radical (unpaired) electrons. The largest absolute Gasteiger partial charge is 0.317 e. The van der Waals surface area contributed by atoms with Gasteiger partial charge in [-0.3, -0.25) is 9.10 Å². The van der Waals surface area contributed by atoms with E-state index >= 15 is 0 Å². The van der Waals surface area contributed by atoms with Gasteiger partial charge in [0, 0.05) is 12.0 Å². The second-order valence-corrected chi connectivity index (χ2v) is 6.66. The van der Waals surface area contributed by atoms with Crippen LogP contribution >= 0.6 is 11.9 Å². The highest BCUT2D eigenvalue weighted by atomic mass is 32.2. The van der Waals surface area contributed by atoms with Crippen molar-refractivity contribution in [3.8, 4) is 0 Å². The molecule has 1 fully saturated rings. The van der Waals surface area contributed by atoms with Crippen LogP contribution in [0.25, 0.3) is 0 Å². The lowest BCUT2D eigenvalue weighted by molar-refractivity contribution is -0.117. The lowest BCUT2D eigenvalue weighted by Gasteiger charge is -2.23. The van der Waals surface area contributed by atoms with Crippen molar-refractivity contribution in [2.45, 2.75) is 45.4 Å². The van der Waals surface area contributed by atoms with Crippen LogP contribution in [0.4, 0.5) is 0 Å². The monoisotopic (exact) mass is 284 g/mol. The van der Waals surface area contributed by atoms with E-state index in [4.69, 9.17) is 0 Å². The Morgan fingerprint density at radius 3 is 2.84 bits per heavy atom. The maximum atomic E-state index is 12.0. The summed E-state index contributed by atoms with van der Waals surface area (Å²) in [5, 5.41) is 5.45. The van der Waals surface area contributed by atoms with Crippen molar-refractivity contribution in [2.24, 2.45) is 5.92 Å². The quantitative estimate of drug-likeness (QED) is 0.421. The van der Waals surface area contributed by atoms with Crippen LogP contribution in [0.1, 0.15) is 45.4 Å². The van der Waals surface area contributed by atoms with Gasteiger partial charge in [-0.25, -0.2) is 0 Å². The van der Waals surface area contributed by atoms with Crippen LogP contribution in [0, 0.1) is 5.92 Å². The summed E-state index contributed by atoms with van der Waals surface area (Å²) >= 11 is 1.61. The van der Waals surface area contributed by atoms with Crippen LogP contribution < -0.4 is 5.32 Å². The molecular weight excluding hydrogens is 256 g/mol. The lowest BCUT2D eigenvalue weighted by Crippen LogP contribution is -2.20. The molecule has 1 unspecified atom stereocenters. The summed E-state index contributed by atoms with van der Waals surface area (Å²) in [5.74, 6) is 0.976. The molecule has 0 aromatic carbocycles. The van der Waals surface area contributed by atoms with Crippen molar-refractivity contribution in [3.05, 3.63) is 11.0 Å². The fourth-order valence-corrected chi connectivity index (χ4v) is 2.94. The van der Waals surface area contributed by atoms with E-state index < -0.39 is 0 Å². The minimum Gasteiger partial charge on any atom is -0.317 e. The minimum atomic E-state index is 0.368. The highest BCUT2D eigenvalue weighted by Gasteiger charge is 2.23. The molecule has 0 heterocycles. The molecule has 1 rings (SSSR count). The first-order chi connectivity index (χ1) is 9.13. The topological polar surface area (TPSA) is 32.3 Å². The summed E-state index contributed by atoms with van der Waals surface area (Å²) in [7, 11) is 4.00. The average molecular weight is 284 g/mol. The van der Waals surface area contributed by atoms with E-state index in [1.54, 1.807) is 11.9 Å². The number of hydrogen-bond acceptors (Lipinski definition) is 4. The van der Waals surface area contributed by atoms with Gasteiger partial charge in [-0.15, -0.1) is 0 Å². The molecule has 1 saturated carbocycles. The Morgan fingerprint density at radius 2 is 2.21 bits per heavy atom. The Morgan fingerprint density at radius 1 is 1.42 bits per heavy atom. The highest BCUT2D eigenvalue weighted by molar-refractivity contribution is 7.99. The number of carbonyl (C=O) groups is 1. The normalized spacial score (nSPS) is 22.4. The first-order valence-corrected chi connectivity index (χ1v) is 8.24. The zero-order chi connectivity index (χ0) is 14.1. The zero-order valence-electron chi connectivity index (χ0n) is 12.6. The Kier molecular flexibility index (Phi) is 8.42. The Labute approximate surface area is 122 Å². The standard InChI is InChI=1S/C15H28N2OS/c1-4-9-16-10-5-6-13-7-8-14(15(18)11-13)12-19-17(2)3/h12-13,16H,4-11H2,1-3H3/b14-12-. The van der Waals surface area contributed by atoms with Gasteiger partial charge in [-0.2, -0.15) is 0 Å². The number of nitrogens with zero attached hydrogens (tertiary/aromatic N) is 1. The summed E-state index contributed by atoms with van der Waals surface area (Å²) in [6.07, 6.45) is 6.49. The fourth-order valence-electron chi connectivity index (χ4n) is 2.35. The van der Waals surface area contributed by atoms with Crippen LogP contribution in [0.2, 0.25) is 0 Å².